The van der Waals surface area contributed by atoms with Crippen molar-refractivity contribution in [2.75, 3.05) is 13.7 Å². The monoisotopic (exact) mass is 270 g/mol. The molecule has 2 rings (SSSR count). The highest BCUT2D eigenvalue weighted by molar-refractivity contribution is 5.98. The Bertz CT molecular complexity index is 600. The molecule has 0 atom stereocenters. The zero-order valence-electron chi connectivity index (χ0n) is 12.0. The van der Waals surface area contributed by atoms with Gasteiger partial charge in [-0.05, 0) is 49.7 Å². The van der Waals surface area contributed by atoms with Crippen molar-refractivity contribution in [2.24, 2.45) is 0 Å². The lowest BCUT2D eigenvalue weighted by molar-refractivity contribution is 0.0921. The molecule has 0 N–H and O–H groups in total. The third kappa shape index (κ3) is 3.38. The van der Waals surface area contributed by atoms with Crippen LogP contribution in [0.2, 0.25) is 0 Å². The average Bonchev–Trinajstić information content (AvgIpc) is 2.47. The first kappa shape index (κ1) is 14.1. The minimum atomic E-state index is -0.0120. The molecule has 2 aromatic rings. The molecular formula is C17H18O3. The summed E-state index contributed by atoms with van der Waals surface area (Å²) >= 11 is 0. The second-order valence-corrected chi connectivity index (χ2v) is 4.71. The number of hydrogen-bond donors (Lipinski definition) is 0. The Balaban J connectivity index is 2.02. The summed E-state index contributed by atoms with van der Waals surface area (Å²) < 4.78 is 10.6. The van der Waals surface area contributed by atoms with Crippen molar-refractivity contribution in [1.82, 2.24) is 0 Å². The fourth-order valence-electron chi connectivity index (χ4n) is 1.93. The molecule has 104 valence electrons. The molecule has 0 amide bonds. The van der Waals surface area contributed by atoms with E-state index in [2.05, 4.69) is 0 Å². The Hall–Kier alpha value is -2.29. The standard InChI is InChI=1S/C17H18O3/c1-12-4-5-13(2)16(10-12)17(18)11-20-15-8-6-14(19-3)7-9-15/h4-10H,11H2,1-3H3. The minimum absolute atomic E-state index is 0.0120. The summed E-state index contributed by atoms with van der Waals surface area (Å²) in [5, 5.41) is 0. The summed E-state index contributed by atoms with van der Waals surface area (Å²) in [6.07, 6.45) is 0. The van der Waals surface area contributed by atoms with E-state index < -0.39 is 0 Å². The van der Waals surface area contributed by atoms with Crippen LogP contribution < -0.4 is 9.47 Å². The van der Waals surface area contributed by atoms with E-state index >= 15 is 0 Å². The van der Waals surface area contributed by atoms with Gasteiger partial charge in [-0.15, -0.1) is 0 Å². The third-order valence-corrected chi connectivity index (χ3v) is 3.12. The first-order chi connectivity index (χ1) is 9.60. The van der Waals surface area contributed by atoms with Crippen LogP contribution in [0.5, 0.6) is 11.5 Å². The first-order valence-corrected chi connectivity index (χ1v) is 6.47. The molecule has 2 aromatic carbocycles. The van der Waals surface area contributed by atoms with Crippen molar-refractivity contribution in [1.29, 1.82) is 0 Å². The molecule has 0 saturated heterocycles. The molecule has 0 bridgehead atoms. The Labute approximate surface area is 119 Å². The van der Waals surface area contributed by atoms with E-state index in [4.69, 9.17) is 9.47 Å². The van der Waals surface area contributed by atoms with Crippen molar-refractivity contribution < 1.29 is 14.3 Å². The van der Waals surface area contributed by atoms with Crippen molar-refractivity contribution in [3.63, 3.8) is 0 Å². The van der Waals surface area contributed by atoms with Crippen LogP contribution in [0.15, 0.2) is 42.5 Å². The van der Waals surface area contributed by atoms with Gasteiger partial charge in [0, 0.05) is 5.56 Å². The fourth-order valence-corrected chi connectivity index (χ4v) is 1.93. The van der Waals surface area contributed by atoms with E-state index in [-0.39, 0.29) is 12.4 Å². The number of methoxy groups -OCH3 is 1. The third-order valence-electron chi connectivity index (χ3n) is 3.12. The van der Waals surface area contributed by atoms with Gasteiger partial charge in [0.15, 0.2) is 12.4 Å². The number of aryl methyl sites for hydroxylation is 2. The Morgan fingerprint density at radius 1 is 1.00 bits per heavy atom. The molecule has 3 heteroatoms. The van der Waals surface area contributed by atoms with Gasteiger partial charge in [0.25, 0.3) is 0 Å². The van der Waals surface area contributed by atoms with E-state index in [0.717, 1.165) is 22.4 Å². The molecule has 20 heavy (non-hydrogen) atoms. The summed E-state index contributed by atoms with van der Waals surface area (Å²) in [5.41, 5.74) is 2.76. The molecule has 0 fully saturated rings. The molecule has 0 unspecified atom stereocenters. The molecule has 0 saturated carbocycles. The number of carbonyl (C=O) groups is 1. The van der Waals surface area contributed by atoms with Gasteiger partial charge in [0.2, 0.25) is 0 Å². The number of Topliss-reactive ketones (excluding diaryl/α,β-unsaturated/α-hetero) is 1. The number of rotatable bonds is 5. The van der Waals surface area contributed by atoms with Crippen LogP contribution in [0.3, 0.4) is 0 Å². The normalized spacial score (nSPS) is 10.2. The van der Waals surface area contributed by atoms with Crippen molar-refractivity contribution in [2.45, 2.75) is 13.8 Å². The van der Waals surface area contributed by atoms with Crippen molar-refractivity contribution >= 4 is 5.78 Å². The van der Waals surface area contributed by atoms with Crippen molar-refractivity contribution in [3.8, 4) is 11.5 Å². The summed E-state index contributed by atoms with van der Waals surface area (Å²) in [7, 11) is 1.61. The van der Waals surface area contributed by atoms with E-state index in [1.165, 1.54) is 0 Å². The molecule has 0 aliphatic carbocycles. The van der Waals surface area contributed by atoms with Crippen LogP contribution in [-0.4, -0.2) is 19.5 Å². The molecule has 0 aliphatic heterocycles. The zero-order valence-corrected chi connectivity index (χ0v) is 12.0. The van der Waals surface area contributed by atoms with E-state index in [0.29, 0.717) is 5.75 Å². The highest BCUT2D eigenvalue weighted by atomic mass is 16.5. The minimum Gasteiger partial charge on any atom is -0.497 e. The van der Waals surface area contributed by atoms with Crippen molar-refractivity contribution in [3.05, 3.63) is 59.2 Å². The maximum Gasteiger partial charge on any atom is 0.200 e. The van der Waals surface area contributed by atoms with E-state index in [1.54, 1.807) is 31.4 Å². The van der Waals surface area contributed by atoms with Gasteiger partial charge < -0.3 is 9.47 Å². The fraction of sp³-hybridized carbons (Fsp3) is 0.235. The van der Waals surface area contributed by atoms with Crippen LogP contribution >= 0.6 is 0 Å². The number of ketones is 1. The maximum absolute atomic E-state index is 12.2. The van der Waals surface area contributed by atoms with Gasteiger partial charge in [-0.25, -0.2) is 0 Å². The van der Waals surface area contributed by atoms with Crippen LogP contribution in [0.1, 0.15) is 21.5 Å². The molecular weight excluding hydrogens is 252 g/mol. The topological polar surface area (TPSA) is 35.5 Å². The number of benzene rings is 2. The number of hydrogen-bond acceptors (Lipinski definition) is 3. The van der Waals surface area contributed by atoms with E-state index in [1.807, 2.05) is 32.0 Å². The van der Waals surface area contributed by atoms with Crippen LogP contribution in [0.25, 0.3) is 0 Å². The van der Waals surface area contributed by atoms with Gasteiger partial charge in [-0.2, -0.15) is 0 Å². The van der Waals surface area contributed by atoms with Gasteiger partial charge in [0.1, 0.15) is 11.5 Å². The first-order valence-electron chi connectivity index (χ1n) is 6.47. The highest BCUT2D eigenvalue weighted by Crippen LogP contribution is 2.18. The Kier molecular flexibility index (Phi) is 4.41. The van der Waals surface area contributed by atoms with Gasteiger partial charge in [0.05, 0.1) is 7.11 Å². The summed E-state index contributed by atoms with van der Waals surface area (Å²) in [4.78, 5) is 12.2. The number of ether oxygens (including phenoxy) is 2. The summed E-state index contributed by atoms with van der Waals surface area (Å²) in [6, 6.07) is 13.0. The van der Waals surface area contributed by atoms with Gasteiger partial charge in [-0.1, -0.05) is 17.7 Å². The molecule has 3 nitrogen and oxygen atoms in total. The highest BCUT2D eigenvalue weighted by Gasteiger charge is 2.10. The van der Waals surface area contributed by atoms with Crippen LogP contribution in [0, 0.1) is 13.8 Å². The van der Waals surface area contributed by atoms with Crippen LogP contribution in [0.4, 0.5) is 0 Å². The average molecular weight is 270 g/mol. The molecule has 0 spiro atoms. The second-order valence-electron chi connectivity index (χ2n) is 4.71. The lowest BCUT2D eigenvalue weighted by Crippen LogP contribution is -2.13. The predicted molar refractivity (Wildman–Crippen MR) is 78.7 cm³/mol. The summed E-state index contributed by atoms with van der Waals surface area (Å²) in [6.45, 7) is 3.94. The summed E-state index contributed by atoms with van der Waals surface area (Å²) in [5.74, 6) is 1.41. The number of carbonyl (C=O) groups excluding carboxylic acids is 1. The lowest BCUT2D eigenvalue weighted by Gasteiger charge is -2.09. The van der Waals surface area contributed by atoms with Crippen LogP contribution in [-0.2, 0) is 0 Å². The Morgan fingerprint density at radius 2 is 1.65 bits per heavy atom. The molecule has 0 aromatic heterocycles. The lowest BCUT2D eigenvalue weighted by atomic mass is 10.0. The zero-order chi connectivity index (χ0) is 14.5. The Morgan fingerprint density at radius 3 is 2.30 bits per heavy atom. The van der Waals surface area contributed by atoms with Gasteiger partial charge in [-0.3, -0.25) is 4.79 Å². The maximum atomic E-state index is 12.2. The molecule has 0 aliphatic rings. The second kappa shape index (κ2) is 6.24. The SMILES string of the molecule is COc1ccc(OCC(=O)c2cc(C)ccc2C)cc1. The predicted octanol–water partition coefficient (Wildman–Crippen LogP) is 3.57. The molecule has 0 heterocycles. The largest absolute Gasteiger partial charge is 0.497 e. The quantitative estimate of drug-likeness (QED) is 0.779. The van der Waals surface area contributed by atoms with Gasteiger partial charge >= 0.3 is 0 Å². The smallest absolute Gasteiger partial charge is 0.200 e. The molecule has 0 radical (unpaired) electrons. The van der Waals surface area contributed by atoms with E-state index in [9.17, 15) is 4.79 Å².